The molecule has 1 heterocycles. The van der Waals surface area contributed by atoms with Gasteiger partial charge in [-0.05, 0) is 33.7 Å². The molecular formula is C17H31N3O5. The summed E-state index contributed by atoms with van der Waals surface area (Å²) in [6.45, 7) is 8.55. The summed E-state index contributed by atoms with van der Waals surface area (Å²) in [7, 11) is 3.34. The van der Waals surface area contributed by atoms with E-state index in [1.807, 2.05) is 11.8 Å². The van der Waals surface area contributed by atoms with Gasteiger partial charge in [0.15, 0.2) is 0 Å². The first-order valence-corrected chi connectivity index (χ1v) is 8.55. The van der Waals surface area contributed by atoms with E-state index in [0.717, 1.165) is 6.42 Å². The quantitative estimate of drug-likeness (QED) is 0.737. The monoisotopic (exact) mass is 357 g/mol. The molecule has 1 fully saturated rings. The highest BCUT2D eigenvalue weighted by atomic mass is 16.6. The molecule has 0 bridgehead atoms. The number of carboxylic acid groups (broad SMARTS) is 1. The molecule has 1 N–H and O–H groups in total. The van der Waals surface area contributed by atoms with Gasteiger partial charge in [0, 0.05) is 27.2 Å². The van der Waals surface area contributed by atoms with Crippen molar-refractivity contribution in [1.29, 1.82) is 0 Å². The van der Waals surface area contributed by atoms with Gasteiger partial charge in [0.05, 0.1) is 18.5 Å². The molecular weight excluding hydrogens is 326 g/mol. The third-order valence-corrected chi connectivity index (χ3v) is 4.09. The van der Waals surface area contributed by atoms with Gasteiger partial charge in [-0.2, -0.15) is 0 Å². The van der Waals surface area contributed by atoms with Crippen molar-refractivity contribution in [1.82, 2.24) is 14.7 Å². The van der Waals surface area contributed by atoms with Gasteiger partial charge in [0.2, 0.25) is 5.91 Å². The van der Waals surface area contributed by atoms with E-state index in [-0.39, 0.29) is 32.0 Å². The number of amides is 2. The van der Waals surface area contributed by atoms with Crippen molar-refractivity contribution in [2.75, 3.05) is 40.3 Å². The van der Waals surface area contributed by atoms with E-state index >= 15 is 0 Å². The summed E-state index contributed by atoms with van der Waals surface area (Å²) in [6, 6.07) is 0. The van der Waals surface area contributed by atoms with E-state index in [1.54, 1.807) is 34.9 Å². The number of nitrogens with zero attached hydrogens (tertiary/aromatic N) is 3. The molecule has 2 amide bonds. The zero-order valence-electron chi connectivity index (χ0n) is 16.2. The van der Waals surface area contributed by atoms with Gasteiger partial charge in [0.1, 0.15) is 5.60 Å². The van der Waals surface area contributed by atoms with E-state index in [2.05, 4.69) is 0 Å². The lowest BCUT2D eigenvalue weighted by Gasteiger charge is -2.55. The van der Waals surface area contributed by atoms with Gasteiger partial charge >= 0.3 is 12.1 Å². The fraction of sp³-hybridized carbons (Fsp3) is 0.824. The molecule has 0 spiro atoms. The topological polar surface area (TPSA) is 90.4 Å². The second-order valence-corrected chi connectivity index (χ2v) is 7.84. The number of likely N-dealkylation sites (tertiary alicyclic amines) is 1. The number of hydrogen-bond acceptors (Lipinski definition) is 5. The van der Waals surface area contributed by atoms with E-state index in [4.69, 9.17) is 4.74 Å². The molecule has 1 aliphatic heterocycles. The second kappa shape index (κ2) is 8.03. The van der Waals surface area contributed by atoms with Crippen LogP contribution >= 0.6 is 0 Å². The number of carbonyl (C=O) groups is 3. The third kappa shape index (κ3) is 5.88. The molecule has 0 aromatic rings. The minimum absolute atomic E-state index is 0.0890. The minimum atomic E-state index is -0.942. The van der Waals surface area contributed by atoms with Crippen molar-refractivity contribution < 1.29 is 24.2 Å². The van der Waals surface area contributed by atoms with Crippen molar-refractivity contribution in [3.05, 3.63) is 0 Å². The Morgan fingerprint density at radius 2 is 1.76 bits per heavy atom. The lowest BCUT2D eigenvalue weighted by atomic mass is 9.84. The first-order chi connectivity index (χ1) is 11.4. The Morgan fingerprint density at radius 1 is 1.20 bits per heavy atom. The summed E-state index contributed by atoms with van der Waals surface area (Å²) in [5.41, 5.74) is -1.34. The lowest BCUT2D eigenvalue weighted by Crippen LogP contribution is -2.73. The molecule has 0 aliphatic carbocycles. The zero-order chi connectivity index (χ0) is 19.4. The van der Waals surface area contributed by atoms with Gasteiger partial charge in [-0.15, -0.1) is 0 Å². The molecule has 1 aliphatic rings. The second-order valence-electron chi connectivity index (χ2n) is 7.84. The van der Waals surface area contributed by atoms with Crippen LogP contribution in [0.3, 0.4) is 0 Å². The normalized spacial score (nSPS) is 16.4. The number of carboxylic acids is 1. The smallest absolute Gasteiger partial charge is 0.410 e. The molecule has 8 heteroatoms. The van der Waals surface area contributed by atoms with Crippen LogP contribution in [0.25, 0.3) is 0 Å². The molecule has 0 radical (unpaired) electrons. The summed E-state index contributed by atoms with van der Waals surface area (Å²) in [6.07, 6.45) is 0.213. The maximum Gasteiger partial charge on any atom is 0.410 e. The molecule has 1 saturated heterocycles. The predicted octanol–water partition coefficient (Wildman–Crippen LogP) is 1.25. The summed E-state index contributed by atoms with van der Waals surface area (Å²) >= 11 is 0. The van der Waals surface area contributed by atoms with Crippen LogP contribution in [-0.4, -0.2) is 89.2 Å². The van der Waals surface area contributed by atoms with Crippen molar-refractivity contribution in [2.45, 2.75) is 51.7 Å². The maximum absolute atomic E-state index is 12.2. The zero-order valence-corrected chi connectivity index (χ0v) is 16.2. The minimum Gasteiger partial charge on any atom is -0.481 e. The largest absolute Gasteiger partial charge is 0.481 e. The van der Waals surface area contributed by atoms with Gasteiger partial charge in [0.25, 0.3) is 0 Å². The Morgan fingerprint density at radius 3 is 2.16 bits per heavy atom. The van der Waals surface area contributed by atoms with Gasteiger partial charge in [-0.25, -0.2) is 4.79 Å². The molecule has 25 heavy (non-hydrogen) atoms. The Labute approximate surface area is 149 Å². The number of carbonyl (C=O) groups excluding carboxylic acids is 2. The number of hydrogen-bond donors (Lipinski definition) is 1. The molecule has 144 valence electrons. The molecule has 0 saturated carbocycles. The van der Waals surface area contributed by atoms with Gasteiger partial charge < -0.3 is 19.6 Å². The molecule has 8 nitrogen and oxygen atoms in total. The highest BCUT2D eigenvalue weighted by Gasteiger charge is 2.51. The summed E-state index contributed by atoms with van der Waals surface area (Å²) in [4.78, 5) is 40.6. The predicted molar refractivity (Wildman–Crippen MR) is 93.3 cm³/mol. The molecule has 1 rings (SSSR count). The van der Waals surface area contributed by atoms with Crippen LogP contribution in [0.4, 0.5) is 4.79 Å². The molecule has 0 aromatic carbocycles. The van der Waals surface area contributed by atoms with E-state index in [9.17, 15) is 19.5 Å². The van der Waals surface area contributed by atoms with Crippen molar-refractivity contribution in [2.24, 2.45) is 0 Å². The number of ether oxygens (including phenoxy) is 1. The Balaban J connectivity index is 2.90. The van der Waals surface area contributed by atoms with Crippen molar-refractivity contribution in [3.63, 3.8) is 0 Å². The summed E-state index contributed by atoms with van der Waals surface area (Å²) in [5, 5.41) is 9.33. The summed E-state index contributed by atoms with van der Waals surface area (Å²) < 4.78 is 5.34. The van der Waals surface area contributed by atoms with Crippen LogP contribution in [-0.2, 0) is 14.3 Å². The Kier molecular flexibility index (Phi) is 6.82. The van der Waals surface area contributed by atoms with Crippen LogP contribution in [0.2, 0.25) is 0 Å². The SMILES string of the molecule is CCCN(CC(=O)N(C)C)C1(CC(=O)O)CN(C(=O)OC(C)(C)C)C1. The van der Waals surface area contributed by atoms with Crippen LogP contribution in [0, 0.1) is 0 Å². The van der Waals surface area contributed by atoms with Crippen LogP contribution in [0.15, 0.2) is 0 Å². The summed E-state index contributed by atoms with van der Waals surface area (Å²) in [5.74, 6) is -1.03. The van der Waals surface area contributed by atoms with E-state index < -0.39 is 23.2 Å². The van der Waals surface area contributed by atoms with Gasteiger partial charge in [-0.1, -0.05) is 6.92 Å². The molecule has 0 unspecified atom stereocenters. The van der Waals surface area contributed by atoms with Crippen LogP contribution < -0.4 is 0 Å². The van der Waals surface area contributed by atoms with E-state index in [0.29, 0.717) is 6.54 Å². The lowest BCUT2D eigenvalue weighted by molar-refractivity contribution is -0.149. The highest BCUT2D eigenvalue weighted by molar-refractivity contribution is 5.78. The van der Waals surface area contributed by atoms with Crippen molar-refractivity contribution >= 4 is 18.0 Å². The molecule has 0 aromatic heterocycles. The highest BCUT2D eigenvalue weighted by Crippen LogP contribution is 2.33. The fourth-order valence-corrected chi connectivity index (χ4v) is 2.88. The van der Waals surface area contributed by atoms with Crippen molar-refractivity contribution in [3.8, 4) is 0 Å². The Bertz CT molecular complexity index is 507. The standard InChI is InChI=1S/C17H31N3O5/c1-7-8-20(10-13(21)18(5)6)17(9-14(22)23)11-19(12-17)15(24)25-16(2,3)4/h7-12H2,1-6H3,(H,22,23). The van der Waals surface area contributed by atoms with E-state index in [1.165, 1.54) is 9.80 Å². The van der Waals surface area contributed by atoms with Crippen LogP contribution in [0.1, 0.15) is 40.5 Å². The fourth-order valence-electron chi connectivity index (χ4n) is 2.88. The molecule has 0 atom stereocenters. The average Bonchev–Trinajstić information content (AvgIpc) is 2.39. The third-order valence-electron chi connectivity index (χ3n) is 4.09. The maximum atomic E-state index is 12.2. The first-order valence-electron chi connectivity index (χ1n) is 8.55. The van der Waals surface area contributed by atoms with Gasteiger partial charge in [-0.3, -0.25) is 14.5 Å². The number of aliphatic carboxylic acids is 1. The number of rotatable bonds is 7. The first kappa shape index (κ1) is 21.2. The number of likely N-dealkylation sites (N-methyl/N-ethyl adjacent to an activating group) is 1. The Hall–Kier alpha value is -1.83. The van der Waals surface area contributed by atoms with Crippen LogP contribution in [0.5, 0.6) is 0 Å². The average molecular weight is 357 g/mol.